The fourth-order valence-electron chi connectivity index (χ4n) is 3.09. The molecule has 3 rings (SSSR count). The van der Waals surface area contributed by atoms with Gasteiger partial charge in [-0.2, -0.15) is 9.40 Å². The van der Waals surface area contributed by atoms with Crippen LogP contribution in [0.3, 0.4) is 0 Å². The number of rotatable bonds is 5. The lowest BCUT2D eigenvalue weighted by atomic mass is 10.2. The second kappa shape index (κ2) is 6.93. The van der Waals surface area contributed by atoms with E-state index in [2.05, 4.69) is 10.4 Å². The Labute approximate surface area is 145 Å². The van der Waals surface area contributed by atoms with Crippen molar-refractivity contribution in [1.29, 1.82) is 0 Å². The molecule has 0 bridgehead atoms. The molecular formula is C16H20N4O4S. The van der Waals surface area contributed by atoms with Crippen molar-refractivity contribution in [2.45, 2.75) is 25.4 Å². The molecule has 8 nitrogen and oxygen atoms in total. The minimum atomic E-state index is -3.40. The van der Waals surface area contributed by atoms with Crippen molar-refractivity contribution in [2.75, 3.05) is 19.3 Å². The lowest BCUT2D eigenvalue weighted by molar-refractivity contribution is -0.124. The summed E-state index contributed by atoms with van der Waals surface area (Å²) < 4.78 is 25.9. The molecule has 1 aliphatic heterocycles. The van der Waals surface area contributed by atoms with E-state index in [1.165, 1.54) is 8.99 Å². The molecule has 0 saturated carbocycles. The lowest BCUT2D eigenvalue weighted by Crippen LogP contribution is -2.46. The van der Waals surface area contributed by atoms with Gasteiger partial charge >= 0.3 is 0 Å². The van der Waals surface area contributed by atoms with E-state index in [4.69, 9.17) is 0 Å². The molecule has 1 saturated heterocycles. The maximum Gasteiger partial charge on any atom is 0.274 e. The second-order valence-corrected chi connectivity index (χ2v) is 8.02. The van der Waals surface area contributed by atoms with Crippen molar-refractivity contribution in [3.05, 3.63) is 40.8 Å². The minimum absolute atomic E-state index is 0.207. The Morgan fingerprint density at radius 3 is 2.88 bits per heavy atom. The van der Waals surface area contributed by atoms with Crippen molar-refractivity contribution in [3.63, 3.8) is 0 Å². The Morgan fingerprint density at radius 1 is 1.36 bits per heavy atom. The Bertz CT molecular complexity index is 954. The zero-order valence-corrected chi connectivity index (χ0v) is 14.7. The maximum atomic E-state index is 12.3. The van der Waals surface area contributed by atoms with Crippen LogP contribution in [0.5, 0.6) is 0 Å². The van der Waals surface area contributed by atoms with Crippen molar-refractivity contribution in [3.8, 4) is 0 Å². The molecule has 134 valence electrons. The SMILES string of the molecule is CS(=O)(=O)N1CCC[C@H]1C(=O)NCCn1ncc2ccccc2c1=O. The number of aromatic nitrogens is 2. The van der Waals surface area contributed by atoms with E-state index in [1.54, 1.807) is 18.3 Å². The number of hydrogen-bond acceptors (Lipinski definition) is 5. The number of fused-ring (bicyclic) bond motifs is 1. The predicted octanol–water partition coefficient (Wildman–Crippen LogP) is -0.0633. The van der Waals surface area contributed by atoms with E-state index in [0.29, 0.717) is 24.8 Å². The van der Waals surface area contributed by atoms with Crippen LogP contribution in [0.25, 0.3) is 10.8 Å². The van der Waals surface area contributed by atoms with Gasteiger partial charge in [0, 0.05) is 18.5 Å². The summed E-state index contributed by atoms with van der Waals surface area (Å²) in [6.07, 6.45) is 3.89. The highest BCUT2D eigenvalue weighted by Crippen LogP contribution is 2.20. The molecule has 2 heterocycles. The first kappa shape index (κ1) is 17.6. The number of hydrogen-bond donors (Lipinski definition) is 1. The zero-order valence-electron chi connectivity index (χ0n) is 13.9. The lowest BCUT2D eigenvalue weighted by Gasteiger charge is -2.21. The number of amides is 1. The highest BCUT2D eigenvalue weighted by molar-refractivity contribution is 7.88. The van der Waals surface area contributed by atoms with Crippen molar-refractivity contribution >= 4 is 26.7 Å². The van der Waals surface area contributed by atoms with Gasteiger partial charge in [0.05, 0.1) is 24.4 Å². The van der Waals surface area contributed by atoms with Gasteiger partial charge in [0.15, 0.2) is 0 Å². The van der Waals surface area contributed by atoms with Gasteiger partial charge in [0.1, 0.15) is 6.04 Å². The van der Waals surface area contributed by atoms with Crippen LogP contribution in [0.15, 0.2) is 35.3 Å². The third kappa shape index (κ3) is 3.72. The van der Waals surface area contributed by atoms with Crippen LogP contribution in [-0.4, -0.2) is 53.8 Å². The topological polar surface area (TPSA) is 101 Å². The van der Waals surface area contributed by atoms with Crippen LogP contribution in [0.4, 0.5) is 0 Å². The highest BCUT2D eigenvalue weighted by Gasteiger charge is 2.36. The molecule has 1 N–H and O–H groups in total. The summed E-state index contributed by atoms with van der Waals surface area (Å²) in [7, 11) is -3.40. The Morgan fingerprint density at radius 2 is 2.12 bits per heavy atom. The molecule has 1 aromatic carbocycles. The molecule has 9 heteroatoms. The number of sulfonamides is 1. The van der Waals surface area contributed by atoms with Crippen molar-refractivity contribution in [2.24, 2.45) is 0 Å². The molecule has 0 unspecified atom stereocenters. The third-order valence-electron chi connectivity index (χ3n) is 4.32. The summed E-state index contributed by atoms with van der Waals surface area (Å²) >= 11 is 0. The summed E-state index contributed by atoms with van der Waals surface area (Å²) in [5.41, 5.74) is -0.217. The molecule has 2 aromatic rings. The van der Waals surface area contributed by atoms with Crippen molar-refractivity contribution in [1.82, 2.24) is 19.4 Å². The standard InChI is InChI=1S/C16H20N4O4S/c1-25(23,24)20-9-4-7-14(20)15(21)17-8-10-19-16(22)13-6-3-2-5-12(13)11-18-19/h2-3,5-6,11,14H,4,7-10H2,1H3,(H,17,21)/t14-/m0/s1. The summed E-state index contributed by atoms with van der Waals surface area (Å²) in [4.78, 5) is 24.6. The zero-order chi connectivity index (χ0) is 18.0. The van der Waals surface area contributed by atoms with Crippen LogP contribution in [0.2, 0.25) is 0 Å². The normalized spacial score (nSPS) is 18.5. The monoisotopic (exact) mass is 364 g/mol. The summed E-state index contributed by atoms with van der Waals surface area (Å²) in [6.45, 7) is 0.793. The number of carbonyl (C=O) groups excluding carboxylic acids is 1. The van der Waals surface area contributed by atoms with Crippen LogP contribution in [0.1, 0.15) is 12.8 Å². The predicted molar refractivity (Wildman–Crippen MR) is 93.6 cm³/mol. The first-order chi connectivity index (χ1) is 11.9. The summed E-state index contributed by atoms with van der Waals surface area (Å²) in [5.74, 6) is -0.336. The van der Waals surface area contributed by atoms with Crippen LogP contribution >= 0.6 is 0 Å². The van der Waals surface area contributed by atoms with E-state index in [-0.39, 0.29) is 24.6 Å². The molecular weight excluding hydrogens is 344 g/mol. The van der Waals surface area contributed by atoms with Crippen LogP contribution in [0, 0.1) is 0 Å². The first-order valence-electron chi connectivity index (χ1n) is 8.07. The molecule has 1 aliphatic rings. The second-order valence-electron chi connectivity index (χ2n) is 6.08. The molecule has 0 aliphatic carbocycles. The van der Waals surface area contributed by atoms with E-state index in [1.807, 2.05) is 12.1 Å². The Balaban J connectivity index is 1.64. The number of nitrogens with one attached hydrogen (secondary N) is 1. The highest BCUT2D eigenvalue weighted by atomic mass is 32.2. The first-order valence-corrected chi connectivity index (χ1v) is 9.92. The van der Waals surface area contributed by atoms with Crippen molar-refractivity contribution < 1.29 is 13.2 Å². The van der Waals surface area contributed by atoms with Gasteiger partial charge in [0.2, 0.25) is 15.9 Å². The third-order valence-corrected chi connectivity index (χ3v) is 5.61. The largest absolute Gasteiger partial charge is 0.353 e. The molecule has 1 atom stereocenters. The fraction of sp³-hybridized carbons (Fsp3) is 0.438. The van der Waals surface area contributed by atoms with Crippen LogP contribution < -0.4 is 10.9 Å². The van der Waals surface area contributed by atoms with Crippen LogP contribution in [-0.2, 0) is 21.4 Å². The number of carbonyl (C=O) groups is 1. The van der Waals surface area contributed by atoms with Gasteiger partial charge in [-0.1, -0.05) is 18.2 Å². The van der Waals surface area contributed by atoms with E-state index < -0.39 is 16.1 Å². The van der Waals surface area contributed by atoms with Gasteiger partial charge < -0.3 is 5.32 Å². The van der Waals surface area contributed by atoms with E-state index in [9.17, 15) is 18.0 Å². The number of benzene rings is 1. The molecule has 25 heavy (non-hydrogen) atoms. The molecule has 1 fully saturated rings. The average Bonchev–Trinajstić information content (AvgIpc) is 3.07. The summed E-state index contributed by atoms with van der Waals surface area (Å²) in [6, 6.07) is 6.50. The van der Waals surface area contributed by atoms with E-state index in [0.717, 1.165) is 11.6 Å². The molecule has 1 aromatic heterocycles. The molecule has 0 radical (unpaired) electrons. The Hall–Kier alpha value is -2.26. The average molecular weight is 364 g/mol. The smallest absolute Gasteiger partial charge is 0.274 e. The van der Waals surface area contributed by atoms with Gasteiger partial charge in [-0.25, -0.2) is 13.1 Å². The summed E-state index contributed by atoms with van der Waals surface area (Å²) in [5, 5.41) is 8.15. The number of nitrogens with zero attached hydrogens (tertiary/aromatic N) is 3. The van der Waals surface area contributed by atoms with Gasteiger partial charge in [-0.3, -0.25) is 9.59 Å². The molecule has 0 spiro atoms. The molecule has 1 amide bonds. The van der Waals surface area contributed by atoms with Gasteiger partial charge in [-0.05, 0) is 18.9 Å². The maximum absolute atomic E-state index is 12.3. The quantitative estimate of drug-likeness (QED) is 0.801. The Kier molecular flexibility index (Phi) is 4.87. The van der Waals surface area contributed by atoms with Gasteiger partial charge in [-0.15, -0.1) is 0 Å². The minimum Gasteiger partial charge on any atom is -0.353 e. The fourth-order valence-corrected chi connectivity index (χ4v) is 4.21. The van der Waals surface area contributed by atoms with Gasteiger partial charge in [0.25, 0.3) is 5.56 Å². The van der Waals surface area contributed by atoms with E-state index >= 15 is 0 Å².